The number of hydrogen-bond acceptors (Lipinski definition) is 7. The van der Waals surface area contributed by atoms with Crippen LogP contribution in [0.4, 0.5) is 24.8 Å². The van der Waals surface area contributed by atoms with Gasteiger partial charge in [-0.15, -0.1) is 0 Å². The molecule has 7 nitrogen and oxygen atoms in total. The van der Waals surface area contributed by atoms with Crippen LogP contribution in [-0.4, -0.2) is 52.6 Å². The summed E-state index contributed by atoms with van der Waals surface area (Å²) in [6, 6.07) is 4.58. The smallest absolute Gasteiger partial charge is 0.391 e. The number of anilines is 2. The molecule has 2 unspecified atom stereocenters. The minimum atomic E-state index is -4.76. The first-order valence-corrected chi connectivity index (χ1v) is 9.59. The van der Waals surface area contributed by atoms with Gasteiger partial charge in [-0.25, -0.2) is 9.97 Å². The third-order valence-electron chi connectivity index (χ3n) is 5.11. The number of nitrogen functional groups attached to an aromatic ring is 1. The molecule has 2 aromatic rings. The van der Waals surface area contributed by atoms with Crippen LogP contribution in [0.1, 0.15) is 39.7 Å². The van der Waals surface area contributed by atoms with E-state index in [-0.39, 0.29) is 33.4 Å². The highest BCUT2D eigenvalue weighted by molar-refractivity contribution is 6.11. The molecule has 1 aliphatic heterocycles. The summed E-state index contributed by atoms with van der Waals surface area (Å²) in [7, 11) is 0. The van der Waals surface area contributed by atoms with Crippen LogP contribution in [0.5, 0.6) is 0 Å². The molecule has 30 heavy (non-hydrogen) atoms. The number of aromatic nitrogens is 2. The normalized spacial score (nSPS) is 18.5. The number of alkyl halides is 3. The number of nitrogens with zero attached hydrogens (tertiary/aromatic N) is 3. The van der Waals surface area contributed by atoms with Gasteiger partial charge in [-0.2, -0.15) is 13.2 Å². The molecule has 2 atom stereocenters. The van der Waals surface area contributed by atoms with Crippen LogP contribution in [0.3, 0.4) is 0 Å². The topological polar surface area (TPSA) is 104 Å². The Balaban J connectivity index is 0.00000341. The zero-order valence-electron chi connectivity index (χ0n) is 16.6. The lowest BCUT2D eigenvalue weighted by Crippen LogP contribution is -2.57. The first-order chi connectivity index (χ1) is 14.1. The lowest BCUT2D eigenvalue weighted by atomic mass is 9.98. The van der Waals surface area contributed by atoms with Crippen molar-refractivity contribution in [1.29, 1.82) is 0 Å². The van der Waals surface area contributed by atoms with E-state index in [9.17, 15) is 23.1 Å². The summed E-state index contributed by atoms with van der Waals surface area (Å²) in [5.74, 6) is -0.862. The molecule has 3 rings (SSSR count). The summed E-state index contributed by atoms with van der Waals surface area (Å²) in [4.78, 5) is 22.5. The maximum absolute atomic E-state index is 13.6. The van der Waals surface area contributed by atoms with Crippen LogP contribution >= 0.6 is 0 Å². The number of hydrogen-bond donors (Lipinski definition) is 3. The Bertz CT molecular complexity index is 934. The molecular weight excluding hydrogens is 399 g/mol. The third-order valence-corrected chi connectivity index (χ3v) is 5.11. The zero-order valence-corrected chi connectivity index (χ0v) is 16.6. The average molecular weight is 429 g/mol. The fourth-order valence-corrected chi connectivity index (χ4v) is 3.44. The van der Waals surface area contributed by atoms with E-state index in [1.165, 1.54) is 24.4 Å². The van der Waals surface area contributed by atoms with Crippen molar-refractivity contribution in [3.05, 3.63) is 47.3 Å². The van der Waals surface area contributed by atoms with E-state index in [2.05, 4.69) is 15.3 Å². The highest BCUT2D eigenvalue weighted by Crippen LogP contribution is 2.34. The number of halogens is 3. The predicted molar refractivity (Wildman–Crippen MR) is 113 cm³/mol. The molecule has 0 bridgehead atoms. The molecule has 0 saturated carbocycles. The van der Waals surface area contributed by atoms with Crippen LogP contribution in [0.15, 0.2) is 30.5 Å². The van der Waals surface area contributed by atoms with Crippen LogP contribution in [0.25, 0.3) is 0 Å². The van der Waals surface area contributed by atoms with Crippen LogP contribution in [-0.2, 0) is 6.18 Å². The number of nitrogens with one attached hydrogen (secondary N) is 1. The Morgan fingerprint density at radius 3 is 2.73 bits per heavy atom. The minimum Gasteiger partial charge on any atom is -0.391 e. The lowest BCUT2D eigenvalue weighted by molar-refractivity contribution is -0.138. The fraction of sp³-hybridized carbons (Fsp3) is 0.450. The van der Waals surface area contributed by atoms with Gasteiger partial charge in [-0.3, -0.25) is 4.79 Å². The SMILES string of the molecule is CC(C)C(O)C1CN(c2ccc(C(F)(F)F)c(C(=O)c3cccnc3N)n2)CCN1.[HH].[HH].[HH]. The largest absolute Gasteiger partial charge is 0.418 e. The van der Waals surface area contributed by atoms with Crippen molar-refractivity contribution >= 4 is 17.4 Å². The van der Waals surface area contributed by atoms with Crippen molar-refractivity contribution in [2.24, 2.45) is 5.92 Å². The average Bonchev–Trinajstić information content (AvgIpc) is 2.72. The third kappa shape index (κ3) is 4.54. The number of aliphatic hydroxyl groups excluding tert-OH is 1. The summed E-state index contributed by atoms with van der Waals surface area (Å²) in [5.41, 5.74) is 3.70. The predicted octanol–water partition coefficient (Wildman–Crippen LogP) is 2.84. The number of carbonyl (C=O) groups is 1. The molecule has 0 aliphatic carbocycles. The zero-order chi connectivity index (χ0) is 22.1. The highest BCUT2D eigenvalue weighted by Gasteiger charge is 2.38. The Kier molecular flexibility index (Phi) is 6.27. The number of pyridine rings is 2. The summed E-state index contributed by atoms with van der Waals surface area (Å²) >= 11 is 0. The van der Waals surface area contributed by atoms with E-state index < -0.39 is 29.3 Å². The van der Waals surface area contributed by atoms with Gasteiger partial charge in [-0.1, -0.05) is 13.8 Å². The maximum Gasteiger partial charge on any atom is 0.418 e. The summed E-state index contributed by atoms with van der Waals surface area (Å²) in [6.07, 6.45) is -4.03. The van der Waals surface area contributed by atoms with Crippen molar-refractivity contribution in [2.45, 2.75) is 32.2 Å². The number of ketones is 1. The van der Waals surface area contributed by atoms with Gasteiger partial charge in [0.1, 0.15) is 17.3 Å². The van der Waals surface area contributed by atoms with E-state index in [0.717, 1.165) is 6.07 Å². The molecule has 0 spiro atoms. The number of aliphatic hydroxyl groups is 1. The number of carbonyl (C=O) groups excluding carboxylic acids is 1. The number of rotatable bonds is 5. The van der Waals surface area contributed by atoms with Gasteiger partial charge in [0, 0.05) is 30.1 Å². The first-order valence-electron chi connectivity index (χ1n) is 9.59. The van der Waals surface area contributed by atoms with Crippen LogP contribution < -0.4 is 16.0 Å². The maximum atomic E-state index is 13.6. The Labute approximate surface area is 176 Å². The molecule has 1 fully saturated rings. The number of nitrogens with two attached hydrogens (primary N) is 1. The van der Waals surface area contributed by atoms with Gasteiger partial charge < -0.3 is 21.1 Å². The molecule has 4 N–H and O–H groups in total. The quantitative estimate of drug-likeness (QED) is 0.628. The van der Waals surface area contributed by atoms with E-state index in [0.29, 0.717) is 19.6 Å². The molecule has 0 aromatic carbocycles. The molecule has 1 aliphatic rings. The summed E-state index contributed by atoms with van der Waals surface area (Å²) in [5, 5.41) is 13.6. The van der Waals surface area contributed by atoms with Gasteiger partial charge in [-0.05, 0) is 30.2 Å². The Hall–Kier alpha value is -2.72. The van der Waals surface area contributed by atoms with E-state index in [1.807, 2.05) is 13.8 Å². The highest BCUT2D eigenvalue weighted by atomic mass is 19.4. The van der Waals surface area contributed by atoms with E-state index in [1.54, 1.807) is 4.90 Å². The van der Waals surface area contributed by atoms with E-state index >= 15 is 0 Å². The van der Waals surface area contributed by atoms with Gasteiger partial charge in [0.2, 0.25) is 5.78 Å². The molecule has 10 heteroatoms. The van der Waals surface area contributed by atoms with E-state index in [4.69, 9.17) is 5.73 Å². The van der Waals surface area contributed by atoms with Crippen molar-refractivity contribution in [1.82, 2.24) is 15.3 Å². The lowest BCUT2D eigenvalue weighted by Gasteiger charge is -2.38. The molecule has 1 saturated heterocycles. The van der Waals surface area contributed by atoms with Crippen LogP contribution in [0.2, 0.25) is 0 Å². The number of piperazine rings is 1. The summed E-state index contributed by atoms with van der Waals surface area (Å²) in [6.45, 7) is 5.12. The molecule has 0 radical (unpaired) electrons. The van der Waals surface area contributed by atoms with Crippen LogP contribution in [0, 0.1) is 5.92 Å². The molecule has 0 amide bonds. The van der Waals surface area contributed by atoms with Gasteiger partial charge in [0.05, 0.1) is 23.3 Å². The molecular formula is C20H30F3N5O2. The second kappa shape index (κ2) is 8.57. The standard InChI is InChI=1S/C20H24F3N5O2.3H2/c1-11(2)17(29)14-10-28(9-8-25-14)15-6-5-13(20(21,22)23)16(27-15)18(30)12-4-3-7-26-19(12)24;;;/h3-7,11,14,17,25,29H,8-10H2,1-2H3,(H2,24,26);3*1H. The van der Waals surface area contributed by atoms with Gasteiger partial charge in [0.15, 0.2) is 0 Å². The Morgan fingerprint density at radius 2 is 2.10 bits per heavy atom. The van der Waals surface area contributed by atoms with Crippen molar-refractivity contribution < 1.29 is 27.4 Å². The fourth-order valence-electron chi connectivity index (χ4n) is 3.44. The second-order valence-corrected chi connectivity index (χ2v) is 7.57. The van der Waals surface area contributed by atoms with Crippen molar-refractivity contribution in [3.63, 3.8) is 0 Å². The van der Waals surface area contributed by atoms with Crippen molar-refractivity contribution in [2.75, 3.05) is 30.3 Å². The Morgan fingerprint density at radius 1 is 1.37 bits per heavy atom. The van der Waals surface area contributed by atoms with Crippen molar-refractivity contribution in [3.8, 4) is 0 Å². The second-order valence-electron chi connectivity index (χ2n) is 7.57. The molecule has 3 heterocycles. The first kappa shape index (κ1) is 22.0. The monoisotopic (exact) mass is 429 g/mol. The van der Waals surface area contributed by atoms with Gasteiger partial charge in [0.25, 0.3) is 0 Å². The summed E-state index contributed by atoms with van der Waals surface area (Å²) < 4.78 is 40.7. The van der Waals surface area contributed by atoms with Gasteiger partial charge >= 0.3 is 6.18 Å². The molecule has 2 aromatic heterocycles. The molecule has 168 valence electrons. The minimum absolute atomic E-state index is 0.